The van der Waals surface area contributed by atoms with Crippen molar-refractivity contribution in [1.29, 1.82) is 0 Å². The lowest BCUT2D eigenvalue weighted by molar-refractivity contribution is 0.0626. The van der Waals surface area contributed by atoms with Crippen LogP contribution in [0.5, 0.6) is 0 Å². The van der Waals surface area contributed by atoms with Crippen molar-refractivity contribution in [3.63, 3.8) is 0 Å². The van der Waals surface area contributed by atoms with E-state index in [0.29, 0.717) is 13.2 Å². The van der Waals surface area contributed by atoms with Crippen LogP contribution in [0.3, 0.4) is 0 Å². The molecule has 4 heteroatoms. The van der Waals surface area contributed by atoms with Gasteiger partial charge in [-0.1, -0.05) is 18.2 Å². The highest BCUT2D eigenvalue weighted by Crippen LogP contribution is 2.28. The fourth-order valence-electron chi connectivity index (χ4n) is 2.26. The summed E-state index contributed by atoms with van der Waals surface area (Å²) >= 11 is 0. The van der Waals surface area contributed by atoms with Gasteiger partial charge in [0.05, 0.1) is 18.8 Å². The van der Waals surface area contributed by atoms with Crippen LogP contribution in [0.4, 0.5) is 0 Å². The van der Waals surface area contributed by atoms with E-state index in [1.807, 2.05) is 25.1 Å². The second-order valence-corrected chi connectivity index (χ2v) is 4.83. The third-order valence-electron chi connectivity index (χ3n) is 3.29. The van der Waals surface area contributed by atoms with Crippen molar-refractivity contribution < 1.29 is 14.3 Å². The van der Waals surface area contributed by atoms with E-state index in [1.165, 1.54) is 0 Å². The number of benzene rings is 1. The molecule has 2 N–H and O–H groups in total. The monoisotopic (exact) mass is 263 g/mol. The summed E-state index contributed by atoms with van der Waals surface area (Å²) in [6, 6.07) is 8.06. The number of fused-ring (bicyclic) bond motifs is 1. The molecule has 1 heterocycles. The molecule has 0 saturated carbocycles. The third-order valence-corrected chi connectivity index (χ3v) is 3.29. The number of nitrogens with one attached hydrogen (secondary N) is 1. The van der Waals surface area contributed by atoms with Gasteiger partial charge in [0.15, 0.2) is 0 Å². The second-order valence-electron chi connectivity index (χ2n) is 4.83. The van der Waals surface area contributed by atoms with Gasteiger partial charge in [-0.15, -0.1) is 0 Å². The van der Waals surface area contributed by atoms with Crippen LogP contribution in [-0.4, -0.2) is 31.5 Å². The van der Waals surface area contributed by atoms with E-state index in [-0.39, 0.29) is 6.04 Å². The maximum absolute atomic E-state index is 9.64. The molecule has 2 aromatic rings. The van der Waals surface area contributed by atoms with E-state index in [4.69, 9.17) is 9.15 Å². The van der Waals surface area contributed by atoms with Gasteiger partial charge in [-0.05, 0) is 25.5 Å². The minimum absolute atomic E-state index is 0.0545. The molecular weight excluding hydrogens is 242 g/mol. The van der Waals surface area contributed by atoms with Crippen LogP contribution in [0, 0.1) is 6.92 Å². The molecule has 0 saturated heterocycles. The molecule has 0 aliphatic heterocycles. The van der Waals surface area contributed by atoms with Crippen LogP contribution >= 0.6 is 0 Å². The number of methoxy groups -OCH3 is 1. The average molecular weight is 263 g/mol. The molecule has 0 radical (unpaired) electrons. The van der Waals surface area contributed by atoms with Crippen molar-refractivity contribution in [2.24, 2.45) is 0 Å². The Morgan fingerprint density at radius 2 is 2.11 bits per heavy atom. The summed E-state index contributed by atoms with van der Waals surface area (Å²) < 4.78 is 10.8. The van der Waals surface area contributed by atoms with Gasteiger partial charge in [0.2, 0.25) is 0 Å². The lowest BCUT2D eigenvalue weighted by Crippen LogP contribution is -2.31. The molecule has 0 fully saturated rings. The molecule has 4 nitrogen and oxygen atoms in total. The molecule has 0 aliphatic carbocycles. The average Bonchev–Trinajstić information content (AvgIpc) is 2.74. The number of aryl methyl sites for hydroxylation is 1. The Balaban J connectivity index is 2.09. The molecule has 1 aromatic heterocycles. The molecule has 0 spiro atoms. The van der Waals surface area contributed by atoms with Gasteiger partial charge in [0.1, 0.15) is 11.3 Å². The maximum Gasteiger partial charge on any atom is 0.134 e. The van der Waals surface area contributed by atoms with E-state index in [0.717, 1.165) is 22.3 Å². The van der Waals surface area contributed by atoms with Crippen LogP contribution in [0.2, 0.25) is 0 Å². The summed E-state index contributed by atoms with van der Waals surface area (Å²) in [7, 11) is 1.58. The number of aliphatic hydroxyl groups is 1. The smallest absolute Gasteiger partial charge is 0.134 e. The molecule has 2 rings (SSSR count). The van der Waals surface area contributed by atoms with E-state index in [2.05, 4.69) is 18.3 Å². The van der Waals surface area contributed by atoms with E-state index in [9.17, 15) is 5.11 Å². The largest absolute Gasteiger partial charge is 0.459 e. The summed E-state index contributed by atoms with van der Waals surface area (Å²) in [6.07, 6.45) is -0.503. The van der Waals surface area contributed by atoms with Gasteiger partial charge in [-0.3, -0.25) is 0 Å². The van der Waals surface area contributed by atoms with Crippen molar-refractivity contribution in [3.05, 3.63) is 35.6 Å². The molecule has 2 unspecified atom stereocenters. The van der Waals surface area contributed by atoms with Gasteiger partial charge >= 0.3 is 0 Å². The normalized spacial score (nSPS) is 14.7. The van der Waals surface area contributed by atoms with Crippen molar-refractivity contribution >= 4 is 11.0 Å². The SMILES string of the molecule is COCC(O)CNC(C)c1oc2ccccc2c1C. The molecule has 104 valence electrons. The number of ether oxygens (including phenoxy) is 1. The van der Waals surface area contributed by atoms with Crippen LogP contribution in [0.1, 0.15) is 24.3 Å². The van der Waals surface area contributed by atoms with Crippen LogP contribution in [0.15, 0.2) is 28.7 Å². The van der Waals surface area contributed by atoms with Crippen molar-refractivity contribution in [2.45, 2.75) is 26.0 Å². The summed E-state index contributed by atoms with van der Waals surface area (Å²) in [6.45, 7) is 4.90. The minimum atomic E-state index is -0.503. The highest BCUT2D eigenvalue weighted by atomic mass is 16.5. The van der Waals surface area contributed by atoms with E-state index >= 15 is 0 Å². The molecule has 0 aliphatic rings. The lowest BCUT2D eigenvalue weighted by atomic mass is 10.1. The first-order valence-electron chi connectivity index (χ1n) is 6.52. The van der Waals surface area contributed by atoms with Gasteiger partial charge in [-0.2, -0.15) is 0 Å². The predicted octanol–water partition coefficient (Wildman–Crippen LogP) is 2.40. The Kier molecular flexibility index (Phi) is 4.58. The lowest BCUT2D eigenvalue weighted by Gasteiger charge is -2.15. The van der Waals surface area contributed by atoms with Crippen LogP contribution in [0.25, 0.3) is 11.0 Å². The standard InChI is InChI=1S/C15H21NO3/c1-10-13-6-4-5-7-14(13)19-15(10)11(2)16-8-12(17)9-18-3/h4-7,11-12,16-17H,8-9H2,1-3H3. The highest BCUT2D eigenvalue weighted by Gasteiger charge is 2.16. The summed E-state index contributed by atoms with van der Waals surface area (Å²) in [5, 5.41) is 14.0. The topological polar surface area (TPSA) is 54.6 Å². The Hall–Kier alpha value is -1.36. The quantitative estimate of drug-likeness (QED) is 0.840. The Morgan fingerprint density at radius 1 is 1.37 bits per heavy atom. The Labute approximate surface area is 113 Å². The first-order chi connectivity index (χ1) is 9.13. The molecule has 0 bridgehead atoms. The summed E-state index contributed by atoms with van der Waals surface area (Å²) in [5.74, 6) is 0.922. The van der Waals surface area contributed by atoms with Gasteiger partial charge in [-0.25, -0.2) is 0 Å². The second kappa shape index (κ2) is 6.19. The number of para-hydroxylation sites is 1. The van der Waals surface area contributed by atoms with Gasteiger partial charge in [0.25, 0.3) is 0 Å². The Morgan fingerprint density at radius 3 is 2.79 bits per heavy atom. The zero-order chi connectivity index (χ0) is 13.8. The summed E-state index contributed by atoms with van der Waals surface area (Å²) in [5.41, 5.74) is 2.05. The fourth-order valence-corrected chi connectivity index (χ4v) is 2.26. The van der Waals surface area contributed by atoms with E-state index in [1.54, 1.807) is 7.11 Å². The molecule has 19 heavy (non-hydrogen) atoms. The number of aliphatic hydroxyl groups excluding tert-OH is 1. The number of furan rings is 1. The van der Waals surface area contributed by atoms with Crippen molar-refractivity contribution in [2.75, 3.05) is 20.3 Å². The van der Waals surface area contributed by atoms with Crippen LogP contribution < -0.4 is 5.32 Å². The highest BCUT2D eigenvalue weighted by molar-refractivity contribution is 5.82. The van der Waals surface area contributed by atoms with Crippen molar-refractivity contribution in [1.82, 2.24) is 5.32 Å². The first kappa shape index (κ1) is 14.1. The Bertz CT molecular complexity index is 535. The fraction of sp³-hybridized carbons (Fsp3) is 0.467. The predicted molar refractivity (Wildman–Crippen MR) is 75.3 cm³/mol. The first-order valence-corrected chi connectivity index (χ1v) is 6.52. The van der Waals surface area contributed by atoms with Crippen LogP contribution in [-0.2, 0) is 4.74 Å². The minimum Gasteiger partial charge on any atom is -0.459 e. The summed E-state index contributed by atoms with van der Waals surface area (Å²) in [4.78, 5) is 0. The zero-order valence-electron chi connectivity index (χ0n) is 11.6. The zero-order valence-corrected chi connectivity index (χ0v) is 11.6. The molecular formula is C15H21NO3. The van der Waals surface area contributed by atoms with E-state index < -0.39 is 6.10 Å². The third kappa shape index (κ3) is 3.15. The number of hydrogen-bond donors (Lipinski definition) is 2. The van der Waals surface area contributed by atoms with Crippen molar-refractivity contribution in [3.8, 4) is 0 Å². The molecule has 2 atom stereocenters. The molecule has 0 amide bonds. The maximum atomic E-state index is 9.64. The van der Waals surface area contributed by atoms with Gasteiger partial charge < -0.3 is 19.6 Å². The number of rotatable bonds is 6. The molecule has 1 aromatic carbocycles. The van der Waals surface area contributed by atoms with Gasteiger partial charge in [0, 0.05) is 19.0 Å². The number of hydrogen-bond acceptors (Lipinski definition) is 4.